The van der Waals surface area contributed by atoms with Crippen LogP contribution in [0.3, 0.4) is 0 Å². The van der Waals surface area contributed by atoms with Gasteiger partial charge in [-0.3, -0.25) is 9.36 Å². The molecule has 0 unspecified atom stereocenters. The molecule has 6 nitrogen and oxygen atoms in total. The predicted octanol–water partition coefficient (Wildman–Crippen LogP) is 0.355. The summed E-state index contributed by atoms with van der Waals surface area (Å²) in [5.74, 6) is -0.392. The monoisotopic (exact) mass is 237 g/mol. The normalized spacial score (nSPS) is 22.3. The van der Waals surface area contributed by atoms with E-state index in [9.17, 15) is 9.59 Å². The number of nitrogens with two attached hydrogens (primary N) is 1. The van der Waals surface area contributed by atoms with Gasteiger partial charge in [0.25, 0.3) is 5.56 Å². The molecule has 0 spiro atoms. The lowest BCUT2D eigenvalue weighted by atomic mass is 10.0. The number of hydrogen-bond acceptors (Lipinski definition) is 5. The first-order chi connectivity index (χ1) is 7.97. The highest BCUT2D eigenvalue weighted by molar-refractivity contribution is 5.75. The molecule has 0 amide bonds. The van der Waals surface area contributed by atoms with Gasteiger partial charge in [-0.2, -0.15) is 0 Å². The number of nitrogens with zero attached hydrogens (tertiary/aromatic N) is 2. The molecule has 92 valence electrons. The lowest BCUT2D eigenvalue weighted by Crippen LogP contribution is -2.31. The van der Waals surface area contributed by atoms with Crippen molar-refractivity contribution in [2.75, 3.05) is 12.8 Å². The number of ether oxygens (including phenoxy) is 1. The molecule has 1 aromatic heterocycles. The molecule has 2 atom stereocenters. The molecule has 0 aromatic carbocycles. The van der Waals surface area contributed by atoms with Gasteiger partial charge in [-0.1, -0.05) is 6.92 Å². The number of aryl methyl sites for hydroxylation is 1. The van der Waals surface area contributed by atoms with Gasteiger partial charge >= 0.3 is 5.97 Å². The van der Waals surface area contributed by atoms with E-state index in [1.807, 2.05) is 6.92 Å². The van der Waals surface area contributed by atoms with E-state index in [-0.39, 0.29) is 11.7 Å². The lowest BCUT2D eigenvalue weighted by molar-refractivity contribution is -0.144. The predicted molar refractivity (Wildman–Crippen MR) is 61.7 cm³/mol. The number of fused-ring (bicyclic) bond motifs is 1. The highest BCUT2D eigenvalue weighted by Crippen LogP contribution is 2.36. The van der Waals surface area contributed by atoms with Crippen LogP contribution in [0.15, 0.2) is 4.79 Å². The SMILES string of the molecule is COC(=O)[C@@H]1C[C@@H](C)c2c(C)nc(N)c(=O)n21. The minimum absolute atomic E-state index is 0.0748. The summed E-state index contributed by atoms with van der Waals surface area (Å²) >= 11 is 0. The number of hydrogen-bond donors (Lipinski definition) is 1. The molecule has 1 aromatic rings. The van der Waals surface area contributed by atoms with Gasteiger partial charge in [0.1, 0.15) is 6.04 Å². The minimum Gasteiger partial charge on any atom is -0.467 e. The number of anilines is 1. The van der Waals surface area contributed by atoms with Crippen LogP contribution in [0.4, 0.5) is 5.82 Å². The molecule has 0 fully saturated rings. The lowest BCUT2D eigenvalue weighted by Gasteiger charge is -2.13. The van der Waals surface area contributed by atoms with Gasteiger partial charge in [-0.25, -0.2) is 9.78 Å². The van der Waals surface area contributed by atoms with E-state index in [2.05, 4.69) is 4.98 Å². The Bertz CT molecular complexity index is 535. The van der Waals surface area contributed by atoms with Crippen LogP contribution in [0, 0.1) is 6.92 Å². The quantitative estimate of drug-likeness (QED) is 0.712. The average Bonchev–Trinajstić information content (AvgIpc) is 2.63. The number of methoxy groups -OCH3 is 1. The Balaban J connectivity index is 2.68. The summed E-state index contributed by atoms with van der Waals surface area (Å²) in [6, 6.07) is -0.582. The molecule has 0 bridgehead atoms. The summed E-state index contributed by atoms with van der Waals surface area (Å²) in [4.78, 5) is 27.6. The van der Waals surface area contributed by atoms with Crippen LogP contribution in [0.5, 0.6) is 0 Å². The third-order valence-corrected chi connectivity index (χ3v) is 3.18. The minimum atomic E-state index is -0.582. The highest BCUT2D eigenvalue weighted by atomic mass is 16.5. The van der Waals surface area contributed by atoms with Gasteiger partial charge in [-0.15, -0.1) is 0 Å². The molecule has 1 aliphatic heterocycles. The van der Waals surface area contributed by atoms with Crippen LogP contribution in [-0.4, -0.2) is 22.6 Å². The maximum absolute atomic E-state index is 12.0. The molecule has 2 heterocycles. The van der Waals surface area contributed by atoms with Gasteiger partial charge in [0.05, 0.1) is 12.8 Å². The number of esters is 1. The van der Waals surface area contributed by atoms with Crippen molar-refractivity contribution in [1.29, 1.82) is 0 Å². The molecule has 2 rings (SSSR count). The Morgan fingerprint density at radius 1 is 1.59 bits per heavy atom. The standard InChI is InChI=1S/C11H15N3O3/c1-5-4-7(11(16)17-3)14-8(5)6(2)13-9(12)10(14)15/h5,7H,4H2,1-3H3,(H2,12,13)/t5-,7+/m1/s1. The Labute approximate surface area is 98.4 Å². The van der Waals surface area contributed by atoms with Crippen molar-refractivity contribution in [2.45, 2.75) is 32.2 Å². The largest absolute Gasteiger partial charge is 0.467 e. The number of carbonyl (C=O) groups excluding carboxylic acids is 1. The van der Waals surface area contributed by atoms with Crippen LogP contribution in [-0.2, 0) is 9.53 Å². The van der Waals surface area contributed by atoms with Crippen LogP contribution in [0.2, 0.25) is 0 Å². The zero-order valence-electron chi connectivity index (χ0n) is 10.1. The first-order valence-electron chi connectivity index (χ1n) is 5.43. The van der Waals surface area contributed by atoms with Crippen molar-refractivity contribution >= 4 is 11.8 Å². The van der Waals surface area contributed by atoms with Crippen LogP contribution < -0.4 is 11.3 Å². The zero-order chi connectivity index (χ0) is 12.7. The second-order valence-corrected chi connectivity index (χ2v) is 4.32. The van der Waals surface area contributed by atoms with Crippen molar-refractivity contribution in [1.82, 2.24) is 9.55 Å². The molecule has 0 saturated carbocycles. The van der Waals surface area contributed by atoms with Gasteiger partial charge in [0.2, 0.25) is 0 Å². The van der Waals surface area contributed by atoms with Crippen molar-refractivity contribution in [3.8, 4) is 0 Å². The molecule has 0 aliphatic carbocycles. The number of aromatic nitrogens is 2. The Hall–Kier alpha value is -1.85. The smallest absolute Gasteiger partial charge is 0.328 e. The van der Waals surface area contributed by atoms with E-state index >= 15 is 0 Å². The molecule has 2 N–H and O–H groups in total. The zero-order valence-corrected chi connectivity index (χ0v) is 10.1. The topological polar surface area (TPSA) is 87.2 Å². The van der Waals surface area contributed by atoms with Crippen molar-refractivity contribution in [3.05, 3.63) is 21.7 Å². The summed E-state index contributed by atoms with van der Waals surface area (Å²) in [6.07, 6.45) is 0.549. The highest BCUT2D eigenvalue weighted by Gasteiger charge is 2.36. The molecule has 0 radical (unpaired) electrons. The van der Waals surface area contributed by atoms with E-state index in [4.69, 9.17) is 10.5 Å². The third-order valence-electron chi connectivity index (χ3n) is 3.18. The van der Waals surface area contributed by atoms with E-state index < -0.39 is 17.6 Å². The molecule has 0 saturated heterocycles. The second kappa shape index (κ2) is 3.87. The van der Waals surface area contributed by atoms with E-state index in [1.54, 1.807) is 6.92 Å². The molecule has 1 aliphatic rings. The Kier molecular flexibility index (Phi) is 2.65. The van der Waals surface area contributed by atoms with Crippen LogP contribution >= 0.6 is 0 Å². The van der Waals surface area contributed by atoms with Crippen LogP contribution in [0.1, 0.15) is 36.7 Å². The van der Waals surface area contributed by atoms with E-state index in [0.717, 1.165) is 5.69 Å². The van der Waals surface area contributed by atoms with Crippen molar-refractivity contribution < 1.29 is 9.53 Å². The molecular weight excluding hydrogens is 222 g/mol. The number of nitrogen functional groups attached to an aromatic ring is 1. The fourth-order valence-corrected chi connectivity index (χ4v) is 2.49. The van der Waals surface area contributed by atoms with Gasteiger partial charge in [-0.05, 0) is 13.3 Å². The second-order valence-electron chi connectivity index (χ2n) is 4.32. The maximum atomic E-state index is 12.0. The molecule has 17 heavy (non-hydrogen) atoms. The molecule has 6 heteroatoms. The van der Waals surface area contributed by atoms with Crippen LogP contribution in [0.25, 0.3) is 0 Å². The maximum Gasteiger partial charge on any atom is 0.328 e. The fraction of sp³-hybridized carbons (Fsp3) is 0.545. The average molecular weight is 237 g/mol. The summed E-state index contributed by atoms with van der Waals surface area (Å²) < 4.78 is 6.14. The molecular formula is C11H15N3O3. The van der Waals surface area contributed by atoms with E-state index in [0.29, 0.717) is 12.1 Å². The van der Waals surface area contributed by atoms with Gasteiger partial charge in [0, 0.05) is 11.6 Å². The summed E-state index contributed by atoms with van der Waals surface area (Å²) in [5.41, 5.74) is 6.61. The summed E-state index contributed by atoms with van der Waals surface area (Å²) in [5, 5.41) is 0. The first kappa shape index (κ1) is 11.6. The third kappa shape index (κ3) is 1.60. The van der Waals surface area contributed by atoms with Crippen molar-refractivity contribution in [2.24, 2.45) is 0 Å². The Morgan fingerprint density at radius 3 is 2.82 bits per heavy atom. The Morgan fingerprint density at radius 2 is 2.24 bits per heavy atom. The van der Waals surface area contributed by atoms with E-state index in [1.165, 1.54) is 11.7 Å². The number of carbonyl (C=O) groups is 1. The van der Waals surface area contributed by atoms with Gasteiger partial charge < -0.3 is 10.5 Å². The fourth-order valence-electron chi connectivity index (χ4n) is 2.49. The summed E-state index contributed by atoms with van der Waals surface area (Å²) in [6.45, 7) is 3.75. The van der Waals surface area contributed by atoms with Crippen molar-refractivity contribution in [3.63, 3.8) is 0 Å². The number of rotatable bonds is 1. The summed E-state index contributed by atoms with van der Waals surface area (Å²) in [7, 11) is 1.31. The van der Waals surface area contributed by atoms with Gasteiger partial charge in [0.15, 0.2) is 5.82 Å². The first-order valence-corrected chi connectivity index (χ1v) is 5.43.